The Morgan fingerprint density at radius 2 is 2.20 bits per heavy atom. The van der Waals surface area contributed by atoms with E-state index in [1.54, 1.807) is 0 Å². The molecule has 0 spiro atoms. The van der Waals surface area contributed by atoms with Gasteiger partial charge in [0.05, 0.1) is 12.0 Å². The molecule has 1 saturated carbocycles. The lowest BCUT2D eigenvalue weighted by atomic mass is 9.88. The molecule has 1 heterocycles. The zero-order valence-electron chi connectivity index (χ0n) is 5.62. The second kappa shape index (κ2) is 1.95. The summed E-state index contributed by atoms with van der Waals surface area (Å²) in [7, 11) is 0. The second-order valence-electron chi connectivity index (χ2n) is 3.12. The minimum atomic E-state index is -0.310. The molecule has 1 N–H and O–H groups in total. The van der Waals surface area contributed by atoms with E-state index >= 15 is 0 Å². The van der Waals surface area contributed by atoms with Crippen molar-refractivity contribution in [2.45, 2.75) is 31.5 Å². The minimum absolute atomic E-state index is 0.00579. The van der Waals surface area contributed by atoms with Gasteiger partial charge in [-0.05, 0) is 12.8 Å². The summed E-state index contributed by atoms with van der Waals surface area (Å²) in [5, 5.41) is 9.18. The smallest absolute Gasteiger partial charge is 0.309 e. The monoisotopic (exact) mass is 142 g/mol. The van der Waals surface area contributed by atoms with Gasteiger partial charge in [-0.15, -0.1) is 0 Å². The van der Waals surface area contributed by atoms with E-state index in [0.29, 0.717) is 12.8 Å². The van der Waals surface area contributed by atoms with Crippen molar-refractivity contribution in [1.29, 1.82) is 0 Å². The maximum absolute atomic E-state index is 10.9. The fourth-order valence-electron chi connectivity index (χ4n) is 1.79. The summed E-state index contributed by atoms with van der Waals surface area (Å²) in [5.74, 6) is -0.115. The molecule has 10 heavy (non-hydrogen) atoms. The first-order valence-corrected chi connectivity index (χ1v) is 3.64. The summed E-state index contributed by atoms with van der Waals surface area (Å²) < 4.78 is 4.96. The van der Waals surface area contributed by atoms with Crippen molar-refractivity contribution < 1.29 is 14.6 Å². The molecule has 2 aliphatic rings. The molecule has 0 aromatic rings. The van der Waals surface area contributed by atoms with Crippen molar-refractivity contribution in [3.63, 3.8) is 0 Å². The molecule has 1 aliphatic heterocycles. The van der Waals surface area contributed by atoms with Crippen molar-refractivity contribution in [2.24, 2.45) is 5.92 Å². The van der Waals surface area contributed by atoms with Gasteiger partial charge >= 0.3 is 5.97 Å². The van der Waals surface area contributed by atoms with Crippen molar-refractivity contribution >= 4 is 5.97 Å². The summed E-state index contributed by atoms with van der Waals surface area (Å²) >= 11 is 0. The summed E-state index contributed by atoms with van der Waals surface area (Å²) in [4.78, 5) is 10.9. The topological polar surface area (TPSA) is 46.5 Å². The van der Waals surface area contributed by atoms with E-state index < -0.39 is 0 Å². The Balaban J connectivity index is 2.13. The average Bonchev–Trinajstić information content (AvgIpc) is 2.07. The molecule has 0 radical (unpaired) electrons. The van der Waals surface area contributed by atoms with Gasteiger partial charge in [0, 0.05) is 6.42 Å². The first kappa shape index (κ1) is 6.16. The predicted octanol–water partition coefficient (Wildman–Crippen LogP) is 0.0728. The molecule has 2 rings (SSSR count). The van der Waals surface area contributed by atoms with Gasteiger partial charge in [0.1, 0.15) is 6.10 Å². The molecule has 2 bridgehead atoms. The van der Waals surface area contributed by atoms with Crippen molar-refractivity contribution in [1.82, 2.24) is 0 Å². The van der Waals surface area contributed by atoms with E-state index in [9.17, 15) is 9.90 Å². The number of carbonyl (C=O) groups is 1. The highest BCUT2D eigenvalue weighted by molar-refractivity contribution is 5.75. The predicted molar refractivity (Wildman–Crippen MR) is 33.2 cm³/mol. The van der Waals surface area contributed by atoms with Crippen LogP contribution in [0.4, 0.5) is 0 Å². The second-order valence-corrected chi connectivity index (χ2v) is 3.12. The maximum atomic E-state index is 10.9. The van der Waals surface area contributed by atoms with Crippen LogP contribution in [0.3, 0.4) is 0 Å². The van der Waals surface area contributed by atoms with E-state index in [1.807, 2.05) is 0 Å². The van der Waals surface area contributed by atoms with Gasteiger partial charge in [-0.1, -0.05) is 0 Å². The molecule has 3 unspecified atom stereocenters. The van der Waals surface area contributed by atoms with Gasteiger partial charge in [-0.25, -0.2) is 0 Å². The summed E-state index contributed by atoms with van der Waals surface area (Å²) in [6, 6.07) is 0. The van der Waals surface area contributed by atoms with E-state index in [2.05, 4.69) is 0 Å². The molecule has 3 nitrogen and oxygen atoms in total. The summed E-state index contributed by atoms with van der Waals surface area (Å²) in [6.45, 7) is 0. The van der Waals surface area contributed by atoms with Crippen LogP contribution in [-0.2, 0) is 9.53 Å². The third-order valence-corrected chi connectivity index (χ3v) is 2.26. The van der Waals surface area contributed by atoms with Gasteiger partial charge in [0.15, 0.2) is 0 Å². The molecule has 3 heteroatoms. The number of aliphatic hydroxyl groups is 1. The zero-order valence-corrected chi connectivity index (χ0v) is 5.62. The molecule has 1 aliphatic carbocycles. The number of ether oxygens (including phenoxy) is 1. The molecule has 2 fully saturated rings. The number of rotatable bonds is 0. The van der Waals surface area contributed by atoms with Crippen LogP contribution in [-0.4, -0.2) is 23.3 Å². The quantitative estimate of drug-likeness (QED) is 0.487. The fourth-order valence-corrected chi connectivity index (χ4v) is 1.79. The number of esters is 1. The number of fused-ring (bicyclic) bond motifs is 2. The first-order chi connectivity index (χ1) is 4.75. The lowest BCUT2D eigenvalue weighted by Gasteiger charge is -2.18. The normalized spacial score (nSPS) is 45.3. The van der Waals surface area contributed by atoms with Crippen molar-refractivity contribution in [3.8, 4) is 0 Å². The molecule has 0 aromatic heterocycles. The molecular weight excluding hydrogens is 132 g/mol. The maximum Gasteiger partial charge on any atom is 0.309 e. The molecule has 0 amide bonds. The Kier molecular flexibility index (Phi) is 1.20. The van der Waals surface area contributed by atoms with E-state index in [4.69, 9.17) is 4.74 Å². The zero-order chi connectivity index (χ0) is 7.14. The Bertz CT molecular complexity index is 166. The number of hydrogen-bond acceptors (Lipinski definition) is 3. The molecule has 56 valence electrons. The largest absolute Gasteiger partial charge is 0.462 e. The highest BCUT2D eigenvalue weighted by atomic mass is 16.6. The van der Waals surface area contributed by atoms with Crippen LogP contribution >= 0.6 is 0 Å². The molecular formula is C7H10O3. The van der Waals surface area contributed by atoms with Crippen LogP contribution in [0.15, 0.2) is 0 Å². The lowest BCUT2D eigenvalue weighted by Crippen LogP contribution is -2.23. The molecule has 1 saturated heterocycles. The highest BCUT2D eigenvalue weighted by Gasteiger charge is 2.41. The Hall–Kier alpha value is -0.570. The number of hydrogen-bond donors (Lipinski definition) is 1. The number of carbonyl (C=O) groups excluding carboxylic acids is 1. The SMILES string of the molecule is O=C1OC2CC(O)CC1C2. The van der Waals surface area contributed by atoms with Crippen molar-refractivity contribution in [2.75, 3.05) is 0 Å². The summed E-state index contributed by atoms with van der Waals surface area (Å²) in [6.07, 6.45) is 1.78. The van der Waals surface area contributed by atoms with Gasteiger partial charge in [-0.3, -0.25) is 4.79 Å². The lowest BCUT2D eigenvalue weighted by molar-refractivity contribution is -0.143. The van der Waals surface area contributed by atoms with Crippen LogP contribution in [0.1, 0.15) is 19.3 Å². The Morgan fingerprint density at radius 3 is 2.90 bits per heavy atom. The van der Waals surface area contributed by atoms with E-state index in [1.165, 1.54) is 0 Å². The minimum Gasteiger partial charge on any atom is -0.462 e. The van der Waals surface area contributed by atoms with Crippen LogP contribution < -0.4 is 0 Å². The van der Waals surface area contributed by atoms with Crippen LogP contribution in [0.2, 0.25) is 0 Å². The first-order valence-electron chi connectivity index (χ1n) is 3.64. The van der Waals surface area contributed by atoms with Crippen molar-refractivity contribution in [3.05, 3.63) is 0 Å². The average molecular weight is 142 g/mol. The van der Waals surface area contributed by atoms with Crippen LogP contribution in [0.5, 0.6) is 0 Å². The highest BCUT2D eigenvalue weighted by Crippen LogP contribution is 2.33. The van der Waals surface area contributed by atoms with Gasteiger partial charge < -0.3 is 9.84 Å². The Morgan fingerprint density at radius 1 is 1.40 bits per heavy atom. The number of aliphatic hydroxyl groups excluding tert-OH is 1. The third-order valence-electron chi connectivity index (χ3n) is 2.26. The van der Waals surface area contributed by atoms with Crippen LogP contribution in [0.25, 0.3) is 0 Å². The van der Waals surface area contributed by atoms with Gasteiger partial charge in [-0.2, -0.15) is 0 Å². The third kappa shape index (κ3) is 0.814. The molecule has 0 aromatic carbocycles. The standard InChI is InChI=1S/C7H10O3/c8-5-1-4-2-6(3-5)10-7(4)9/h4-6,8H,1-3H2. The van der Waals surface area contributed by atoms with Gasteiger partial charge in [0.2, 0.25) is 0 Å². The van der Waals surface area contributed by atoms with E-state index in [-0.39, 0.29) is 24.1 Å². The van der Waals surface area contributed by atoms with Crippen LogP contribution in [0, 0.1) is 5.92 Å². The van der Waals surface area contributed by atoms with E-state index in [0.717, 1.165) is 6.42 Å². The van der Waals surface area contributed by atoms with Gasteiger partial charge in [0.25, 0.3) is 0 Å². The summed E-state index contributed by atoms with van der Waals surface area (Å²) in [5.41, 5.74) is 0. The fraction of sp³-hybridized carbons (Fsp3) is 0.857. The Labute approximate surface area is 59.0 Å². The molecule has 3 atom stereocenters.